The number of aliphatic hydroxyl groups is 2. The first-order valence-corrected chi connectivity index (χ1v) is 27.2. The molecule has 3 aromatic heterocycles. The zero-order valence-corrected chi connectivity index (χ0v) is 44.7. The molecule has 4 amide bonds. The topological polar surface area (TPSA) is 216 Å². The number of aromatic nitrogens is 4. The number of rotatable bonds is 15. The van der Waals surface area contributed by atoms with Crippen molar-refractivity contribution >= 4 is 63.6 Å². The molecule has 3 fully saturated rings. The molecule has 9 rings (SSSR count). The maximum absolute atomic E-state index is 14.3. The van der Waals surface area contributed by atoms with Crippen molar-refractivity contribution in [1.82, 2.24) is 45.5 Å². The summed E-state index contributed by atoms with van der Waals surface area (Å²) in [7, 11) is 0. The fourth-order valence-electron chi connectivity index (χ4n) is 10.3. The van der Waals surface area contributed by atoms with Gasteiger partial charge in [-0.1, -0.05) is 68.8 Å². The number of ether oxygens (including phenoxy) is 1. The number of aliphatic imine (C=N–C) groups is 1. The summed E-state index contributed by atoms with van der Waals surface area (Å²) in [6, 6.07) is 11.9. The first kappa shape index (κ1) is 52.5. The van der Waals surface area contributed by atoms with E-state index in [0.717, 1.165) is 62.2 Å². The molecule has 73 heavy (non-hydrogen) atoms. The minimum Gasteiger partial charge on any atom is -0.394 e. The number of piperidine rings is 1. The zero-order chi connectivity index (χ0) is 51.9. The molecule has 20 heteroatoms. The number of thiophene rings is 1. The number of thiazole rings is 1. The average Bonchev–Trinajstić information content (AvgIpc) is 4.11. The van der Waals surface area contributed by atoms with Crippen LogP contribution in [0.2, 0.25) is 5.02 Å². The molecule has 388 valence electrons. The maximum Gasteiger partial charge on any atom is 0.246 e. The van der Waals surface area contributed by atoms with Gasteiger partial charge in [0.25, 0.3) is 0 Å². The fraction of sp³-hybridized carbons (Fsp3) is 0.509. The van der Waals surface area contributed by atoms with E-state index in [9.17, 15) is 29.4 Å². The monoisotopic (exact) mass is 1050 g/mol. The molecular weight excluding hydrogens is 988 g/mol. The van der Waals surface area contributed by atoms with Gasteiger partial charge in [-0.25, -0.2) is 4.98 Å². The van der Waals surface area contributed by atoms with E-state index >= 15 is 0 Å². The number of aryl methyl sites for hydroxylation is 3. The third kappa shape index (κ3) is 11.5. The van der Waals surface area contributed by atoms with Crippen LogP contribution in [0.4, 0.5) is 0 Å². The average molecular weight is 1050 g/mol. The molecule has 6 heterocycles. The highest BCUT2D eigenvalue weighted by molar-refractivity contribution is 7.15. The van der Waals surface area contributed by atoms with Crippen LogP contribution in [0, 0.1) is 33.1 Å². The van der Waals surface area contributed by atoms with E-state index < -0.39 is 47.5 Å². The Balaban J connectivity index is 0.740. The number of nitrogens with zero attached hydrogens (tertiary/aromatic N) is 7. The van der Waals surface area contributed by atoms with Gasteiger partial charge in [-0.15, -0.1) is 32.9 Å². The minimum absolute atomic E-state index is 0.0130. The molecule has 5 atom stereocenters. The van der Waals surface area contributed by atoms with E-state index in [0.29, 0.717) is 42.3 Å². The van der Waals surface area contributed by atoms with E-state index in [-0.39, 0.29) is 62.6 Å². The largest absolute Gasteiger partial charge is 0.394 e. The Morgan fingerprint density at radius 2 is 1.60 bits per heavy atom. The first-order valence-electron chi connectivity index (χ1n) is 25.1. The minimum atomic E-state index is -0.993. The molecule has 2 saturated heterocycles. The van der Waals surface area contributed by atoms with Crippen LogP contribution in [0.1, 0.15) is 116 Å². The number of carbonyl (C=O) groups excluding carboxylic acids is 4. The Labute approximate surface area is 438 Å². The summed E-state index contributed by atoms with van der Waals surface area (Å²) >= 11 is 9.48. The third-order valence-corrected chi connectivity index (χ3v) is 17.0. The number of halogens is 1. The second-order valence-corrected chi connectivity index (χ2v) is 23.5. The van der Waals surface area contributed by atoms with Crippen molar-refractivity contribution in [1.29, 1.82) is 0 Å². The molecule has 0 bridgehead atoms. The van der Waals surface area contributed by atoms with Crippen molar-refractivity contribution in [2.45, 2.75) is 136 Å². The predicted molar refractivity (Wildman–Crippen MR) is 281 cm³/mol. The van der Waals surface area contributed by atoms with Gasteiger partial charge in [-0.05, 0) is 87.6 Å². The van der Waals surface area contributed by atoms with E-state index in [1.54, 1.807) is 16.8 Å². The van der Waals surface area contributed by atoms with Crippen molar-refractivity contribution < 1.29 is 34.1 Å². The number of nitrogens with one attached hydrogen (secondary N) is 3. The van der Waals surface area contributed by atoms with Gasteiger partial charge < -0.3 is 35.8 Å². The normalized spacial score (nSPS) is 22.1. The SMILES string of the molecule is Cc1ncsc1-c1ccc([C@H](CO)NC(=O)[C@@H]2C[C@@H](O)CN2C(=O)[C@@H](NC(=O)CN2CCC(O[C@H]3C[C@H](NC(=O)C[C@@H]4N=C(c5ccc(Cl)cc5)c5c(sc(C)c5C)-n5c(C)nnc54)C3)CC2)C(C)(C)C)cc1. The van der Waals surface area contributed by atoms with Crippen LogP contribution in [0.3, 0.4) is 0 Å². The second kappa shape index (κ2) is 21.8. The maximum atomic E-state index is 14.3. The van der Waals surface area contributed by atoms with Gasteiger partial charge in [-0.2, -0.15) is 0 Å². The van der Waals surface area contributed by atoms with Crippen molar-refractivity contribution in [3.63, 3.8) is 0 Å². The summed E-state index contributed by atoms with van der Waals surface area (Å²) in [5.74, 6) is -0.00152. The number of likely N-dealkylation sites (tertiary alicyclic amines) is 2. The van der Waals surface area contributed by atoms with Crippen molar-refractivity contribution in [3.8, 4) is 15.4 Å². The van der Waals surface area contributed by atoms with Gasteiger partial charge in [0.15, 0.2) is 5.82 Å². The molecular formula is C53H65ClN10O7S2. The molecule has 0 radical (unpaired) electrons. The number of benzene rings is 2. The number of hydrogen-bond acceptors (Lipinski definition) is 14. The number of carbonyl (C=O) groups is 4. The second-order valence-electron chi connectivity index (χ2n) is 21.0. The van der Waals surface area contributed by atoms with Crippen molar-refractivity contribution in [2.75, 3.05) is 32.8 Å². The third-order valence-electron chi connectivity index (χ3n) is 14.6. The molecule has 2 aromatic carbocycles. The van der Waals surface area contributed by atoms with Gasteiger partial charge in [0, 0.05) is 53.1 Å². The fourth-order valence-corrected chi connectivity index (χ4v) is 12.5. The van der Waals surface area contributed by atoms with Crippen LogP contribution in [-0.4, -0.2) is 138 Å². The van der Waals surface area contributed by atoms with Gasteiger partial charge in [0.05, 0.1) is 65.7 Å². The van der Waals surface area contributed by atoms with Gasteiger partial charge in [0.1, 0.15) is 29.0 Å². The smallest absolute Gasteiger partial charge is 0.246 e. The molecule has 0 unspecified atom stereocenters. The van der Waals surface area contributed by atoms with Crippen LogP contribution in [0.15, 0.2) is 59.0 Å². The lowest BCUT2D eigenvalue weighted by Crippen LogP contribution is -2.59. The van der Waals surface area contributed by atoms with Crippen LogP contribution < -0.4 is 16.0 Å². The summed E-state index contributed by atoms with van der Waals surface area (Å²) < 4.78 is 8.54. The molecule has 5 N–H and O–H groups in total. The number of aliphatic hydroxyl groups excluding tert-OH is 2. The standard InChI is InChI=1S/C53H65ClN10O7S2/c1-28-30(3)73-52-45(28)46(33-12-14-35(54)15-13-33)57-40(49-61-60-31(4)64(49)52)23-43(67)56-36-20-39(21-36)71-38-16-18-62(19-17-38)25-44(68)59-48(53(5,6)7)51(70)63-24-37(66)22-42(63)50(69)58-41(26-65)32-8-10-34(11-9-32)47-29(2)55-27-72-47/h8-15,27,36-42,48,65-66H,16-26H2,1-7H3,(H,56,67)(H,58,69)(H,59,68)/t36-,37-,39-,40+,41+,42+,48-/m1/s1. The highest BCUT2D eigenvalue weighted by Crippen LogP contribution is 2.40. The summed E-state index contributed by atoms with van der Waals surface area (Å²) in [5, 5.41) is 40.7. The number of β-amino-alcohol motifs (C(OH)–C–C–N with tert-alkyl or cyclic N) is 1. The Hall–Kier alpha value is -5.41. The van der Waals surface area contributed by atoms with E-state index in [4.69, 9.17) is 21.3 Å². The van der Waals surface area contributed by atoms with Crippen LogP contribution in [0.25, 0.3) is 15.4 Å². The Kier molecular flexibility index (Phi) is 15.7. The molecule has 17 nitrogen and oxygen atoms in total. The lowest BCUT2D eigenvalue weighted by molar-refractivity contribution is -0.144. The Morgan fingerprint density at radius 3 is 2.26 bits per heavy atom. The molecule has 3 aliphatic heterocycles. The Bertz CT molecular complexity index is 2860. The first-order chi connectivity index (χ1) is 34.8. The lowest BCUT2D eigenvalue weighted by atomic mass is 9.85. The van der Waals surface area contributed by atoms with Crippen molar-refractivity contribution in [2.24, 2.45) is 10.4 Å². The zero-order valence-electron chi connectivity index (χ0n) is 42.4. The molecule has 0 spiro atoms. The molecule has 1 aliphatic carbocycles. The summed E-state index contributed by atoms with van der Waals surface area (Å²) in [4.78, 5) is 70.7. The summed E-state index contributed by atoms with van der Waals surface area (Å²) in [6.07, 6.45) is 2.10. The predicted octanol–water partition coefficient (Wildman–Crippen LogP) is 6.09. The molecule has 5 aromatic rings. The highest BCUT2D eigenvalue weighted by atomic mass is 35.5. The molecule has 4 aliphatic rings. The van der Waals surface area contributed by atoms with Gasteiger partial charge >= 0.3 is 0 Å². The quantitative estimate of drug-likeness (QED) is 0.0809. The van der Waals surface area contributed by atoms with E-state index in [1.807, 2.05) is 87.7 Å². The molecule has 1 saturated carbocycles. The van der Waals surface area contributed by atoms with Crippen molar-refractivity contribution in [3.05, 3.63) is 104 Å². The number of amides is 4. The van der Waals surface area contributed by atoms with Gasteiger partial charge in [-0.3, -0.25) is 33.6 Å². The highest BCUT2D eigenvalue weighted by Gasteiger charge is 2.45. The Morgan fingerprint density at radius 1 is 0.904 bits per heavy atom. The van der Waals surface area contributed by atoms with Gasteiger partial charge in [0.2, 0.25) is 23.6 Å². The van der Waals surface area contributed by atoms with E-state index in [1.165, 1.54) is 21.1 Å². The van der Waals surface area contributed by atoms with E-state index in [2.05, 4.69) is 49.9 Å². The lowest BCUT2D eigenvalue weighted by Gasteiger charge is -2.40. The number of fused-ring (bicyclic) bond motifs is 3. The summed E-state index contributed by atoms with van der Waals surface area (Å²) in [5.41, 5.74) is 7.53. The van der Waals surface area contributed by atoms with Crippen LogP contribution >= 0.6 is 34.3 Å². The van der Waals surface area contributed by atoms with Crippen LogP contribution in [-0.2, 0) is 23.9 Å². The van der Waals surface area contributed by atoms with Crippen LogP contribution in [0.5, 0.6) is 0 Å². The number of hydrogen-bond donors (Lipinski definition) is 5. The summed E-state index contributed by atoms with van der Waals surface area (Å²) in [6.45, 7) is 14.6.